The van der Waals surface area contributed by atoms with Crippen LogP contribution >= 0.6 is 22.9 Å². The van der Waals surface area contributed by atoms with Crippen molar-refractivity contribution in [3.05, 3.63) is 20.8 Å². The molecule has 4 nitrogen and oxygen atoms in total. The predicted molar refractivity (Wildman–Crippen MR) is 64.2 cm³/mol. The number of methoxy groups -OCH3 is 2. The number of rotatable bonds is 5. The first kappa shape index (κ1) is 13.4. The summed E-state index contributed by atoms with van der Waals surface area (Å²) in [6.07, 6.45) is -0.441. The van der Waals surface area contributed by atoms with E-state index < -0.39 is 6.29 Å². The highest BCUT2D eigenvalue weighted by Gasteiger charge is 2.15. The fraction of sp³-hybridized carbons (Fsp3) is 0.500. The highest BCUT2D eigenvalue weighted by Crippen LogP contribution is 2.26. The Morgan fingerprint density at radius 2 is 2.19 bits per heavy atom. The Labute approximate surface area is 104 Å². The lowest BCUT2D eigenvalue weighted by molar-refractivity contribution is -0.0974. The van der Waals surface area contributed by atoms with Crippen LogP contribution in [0.4, 0.5) is 0 Å². The van der Waals surface area contributed by atoms with Gasteiger partial charge in [0.15, 0.2) is 6.29 Å². The van der Waals surface area contributed by atoms with Gasteiger partial charge < -0.3 is 14.8 Å². The highest BCUT2D eigenvalue weighted by atomic mass is 35.5. The average molecular weight is 264 g/mol. The summed E-state index contributed by atoms with van der Waals surface area (Å²) >= 11 is 7.30. The second-order valence-electron chi connectivity index (χ2n) is 3.17. The second-order valence-corrected chi connectivity index (χ2v) is 4.43. The molecule has 0 radical (unpaired) electrons. The minimum Gasteiger partial charge on any atom is -0.354 e. The van der Waals surface area contributed by atoms with E-state index in [1.54, 1.807) is 0 Å². The molecule has 1 N–H and O–H groups in total. The van der Waals surface area contributed by atoms with Crippen LogP contribution in [0.2, 0.25) is 5.02 Å². The number of carbonyl (C=O) groups excluding carboxylic acids is 1. The number of nitrogens with one attached hydrogen (secondary N) is 1. The molecular formula is C10H14ClNO3S. The van der Waals surface area contributed by atoms with E-state index in [1.807, 2.05) is 12.3 Å². The summed E-state index contributed by atoms with van der Waals surface area (Å²) in [6.45, 7) is 2.15. The molecule has 0 saturated heterocycles. The zero-order valence-electron chi connectivity index (χ0n) is 9.37. The van der Waals surface area contributed by atoms with E-state index in [9.17, 15) is 4.79 Å². The van der Waals surface area contributed by atoms with Crippen molar-refractivity contribution in [1.82, 2.24) is 5.32 Å². The zero-order valence-corrected chi connectivity index (χ0v) is 10.9. The van der Waals surface area contributed by atoms with Gasteiger partial charge in [0, 0.05) is 14.2 Å². The van der Waals surface area contributed by atoms with Crippen molar-refractivity contribution in [2.75, 3.05) is 20.8 Å². The molecular weight excluding hydrogens is 250 g/mol. The monoisotopic (exact) mass is 263 g/mol. The third-order valence-electron chi connectivity index (χ3n) is 2.06. The van der Waals surface area contributed by atoms with E-state index >= 15 is 0 Å². The second kappa shape index (κ2) is 6.20. The third kappa shape index (κ3) is 3.18. The topological polar surface area (TPSA) is 47.6 Å². The van der Waals surface area contributed by atoms with E-state index in [0.717, 1.165) is 5.56 Å². The number of aryl methyl sites for hydroxylation is 1. The number of amides is 1. The van der Waals surface area contributed by atoms with Gasteiger partial charge in [-0.05, 0) is 17.9 Å². The number of ether oxygens (including phenoxy) is 2. The lowest BCUT2D eigenvalue weighted by Crippen LogP contribution is -2.33. The first-order valence-electron chi connectivity index (χ1n) is 4.67. The van der Waals surface area contributed by atoms with Crippen molar-refractivity contribution < 1.29 is 14.3 Å². The zero-order chi connectivity index (χ0) is 12.1. The molecule has 1 aromatic rings. The van der Waals surface area contributed by atoms with E-state index in [-0.39, 0.29) is 5.91 Å². The maximum atomic E-state index is 11.7. The molecule has 1 amide bonds. The van der Waals surface area contributed by atoms with E-state index in [2.05, 4.69) is 5.32 Å². The molecule has 0 aliphatic carbocycles. The van der Waals surface area contributed by atoms with Gasteiger partial charge in [-0.3, -0.25) is 4.79 Å². The van der Waals surface area contributed by atoms with Crippen LogP contribution in [0.5, 0.6) is 0 Å². The first-order chi connectivity index (χ1) is 7.60. The van der Waals surface area contributed by atoms with Crippen LogP contribution in [0, 0.1) is 6.92 Å². The molecule has 0 unspecified atom stereocenters. The maximum absolute atomic E-state index is 11.7. The molecule has 0 spiro atoms. The fourth-order valence-corrected chi connectivity index (χ4v) is 2.30. The van der Waals surface area contributed by atoms with Crippen LogP contribution in [-0.4, -0.2) is 33.0 Å². The number of hydrogen-bond donors (Lipinski definition) is 1. The minimum atomic E-state index is -0.441. The van der Waals surface area contributed by atoms with Crippen molar-refractivity contribution in [3.63, 3.8) is 0 Å². The van der Waals surface area contributed by atoms with Crippen molar-refractivity contribution in [1.29, 1.82) is 0 Å². The van der Waals surface area contributed by atoms with Crippen molar-refractivity contribution >= 4 is 28.8 Å². The molecule has 1 heterocycles. The Hall–Kier alpha value is -0.620. The van der Waals surface area contributed by atoms with Crippen LogP contribution in [0.1, 0.15) is 15.2 Å². The molecule has 6 heteroatoms. The SMILES string of the molecule is COC(CNC(=O)c1scc(C)c1Cl)OC. The van der Waals surface area contributed by atoms with Crippen LogP contribution in [0.25, 0.3) is 0 Å². The number of hydrogen-bond acceptors (Lipinski definition) is 4. The van der Waals surface area contributed by atoms with Gasteiger partial charge in [-0.1, -0.05) is 11.6 Å². The lowest BCUT2D eigenvalue weighted by Gasteiger charge is -2.13. The van der Waals surface area contributed by atoms with Gasteiger partial charge in [0.25, 0.3) is 5.91 Å². The highest BCUT2D eigenvalue weighted by molar-refractivity contribution is 7.13. The summed E-state index contributed by atoms with van der Waals surface area (Å²) in [4.78, 5) is 12.2. The maximum Gasteiger partial charge on any atom is 0.263 e. The largest absolute Gasteiger partial charge is 0.354 e. The van der Waals surface area contributed by atoms with E-state index in [1.165, 1.54) is 25.6 Å². The first-order valence-corrected chi connectivity index (χ1v) is 5.93. The number of halogens is 1. The molecule has 0 fully saturated rings. The van der Waals surface area contributed by atoms with Gasteiger partial charge in [0.2, 0.25) is 0 Å². The molecule has 1 aromatic heterocycles. The van der Waals surface area contributed by atoms with Crippen molar-refractivity contribution in [3.8, 4) is 0 Å². The smallest absolute Gasteiger partial charge is 0.263 e. The molecule has 0 bridgehead atoms. The van der Waals surface area contributed by atoms with Gasteiger partial charge in [-0.15, -0.1) is 11.3 Å². The third-order valence-corrected chi connectivity index (χ3v) is 3.76. The van der Waals surface area contributed by atoms with Crippen molar-refractivity contribution in [2.24, 2.45) is 0 Å². The fourth-order valence-electron chi connectivity index (χ4n) is 1.10. The Bertz CT molecular complexity index is 363. The summed E-state index contributed by atoms with van der Waals surface area (Å²) in [5.74, 6) is -0.206. The van der Waals surface area contributed by atoms with Crippen LogP contribution in [0.3, 0.4) is 0 Å². The van der Waals surface area contributed by atoms with Crippen LogP contribution in [-0.2, 0) is 9.47 Å². The van der Waals surface area contributed by atoms with Gasteiger partial charge >= 0.3 is 0 Å². The van der Waals surface area contributed by atoms with Gasteiger partial charge in [-0.2, -0.15) is 0 Å². The standard InChI is InChI=1S/C10H14ClNO3S/c1-6-5-16-9(8(6)11)10(13)12-4-7(14-2)15-3/h5,7H,4H2,1-3H3,(H,12,13). The molecule has 0 aromatic carbocycles. The Balaban J connectivity index is 2.56. The molecule has 0 aliphatic heterocycles. The van der Waals surface area contributed by atoms with E-state index in [0.29, 0.717) is 16.4 Å². The summed E-state index contributed by atoms with van der Waals surface area (Å²) in [5, 5.41) is 5.05. The molecule has 0 aliphatic rings. The minimum absolute atomic E-state index is 0.206. The summed E-state index contributed by atoms with van der Waals surface area (Å²) in [5.41, 5.74) is 0.909. The summed E-state index contributed by atoms with van der Waals surface area (Å²) in [7, 11) is 3.03. The van der Waals surface area contributed by atoms with Gasteiger partial charge in [0.05, 0.1) is 11.6 Å². The van der Waals surface area contributed by atoms with Gasteiger partial charge in [0.1, 0.15) is 4.88 Å². The summed E-state index contributed by atoms with van der Waals surface area (Å²) in [6, 6.07) is 0. The molecule has 90 valence electrons. The van der Waals surface area contributed by atoms with Crippen molar-refractivity contribution in [2.45, 2.75) is 13.2 Å². The number of carbonyl (C=O) groups is 1. The predicted octanol–water partition coefficient (Wildman–Crippen LogP) is 2.06. The van der Waals surface area contributed by atoms with E-state index in [4.69, 9.17) is 21.1 Å². The normalized spacial score (nSPS) is 10.8. The Morgan fingerprint density at radius 1 is 1.56 bits per heavy atom. The quantitative estimate of drug-likeness (QED) is 0.828. The average Bonchev–Trinajstić information content (AvgIpc) is 2.61. The lowest BCUT2D eigenvalue weighted by atomic mass is 10.3. The molecule has 16 heavy (non-hydrogen) atoms. The molecule has 0 saturated carbocycles. The molecule has 1 rings (SSSR count). The van der Waals surface area contributed by atoms with Gasteiger partial charge in [-0.25, -0.2) is 0 Å². The molecule has 0 atom stereocenters. The Kier molecular flexibility index (Phi) is 5.21. The van der Waals surface area contributed by atoms with Crippen LogP contribution < -0.4 is 5.32 Å². The Morgan fingerprint density at radius 3 is 2.62 bits per heavy atom. The van der Waals surface area contributed by atoms with Crippen LogP contribution in [0.15, 0.2) is 5.38 Å². The summed E-state index contributed by atoms with van der Waals surface area (Å²) < 4.78 is 9.91. The number of thiophene rings is 1.